The smallest absolute Gasteiger partial charge is 0.114 e. The van der Waals surface area contributed by atoms with Crippen LogP contribution in [-0.4, -0.2) is 25.4 Å². The second-order valence-corrected chi connectivity index (χ2v) is 6.62. The second-order valence-electron chi connectivity index (χ2n) is 5.57. The largest absolute Gasteiger partial charge is 0.354 e. The molecule has 25 heavy (non-hydrogen) atoms. The summed E-state index contributed by atoms with van der Waals surface area (Å²) in [5.41, 5.74) is 5.63. The molecule has 0 unspecified atom stereocenters. The number of benzene rings is 1. The fraction of sp³-hybridized carbons (Fsp3) is 0. The van der Waals surface area contributed by atoms with E-state index in [2.05, 4.69) is 36.8 Å². The van der Waals surface area contributed by atoms with Gasteiger partial charge >= 0.3 is 0 Å². The summed E-state index contributed by atoms with van der Waals surface area (Å²) in [6, 6.07) is 15.9. The Morgan fingerprint density at radius 3 is 2.84 bits per heavy atom. The summed E-state index contributed by atoms with van der Waals surface area (Å²) in [7, 11) is 0. The van der Waals surface area contributed by atoms with Crippen molar-refractivity contribution in [1.82, 2.24) is 25.4 Å². The first-order valence-corrected chi connectivity index (χ1v) is 8.56. The van der Waals surface area contributed by atoms with Crippen molar-refractivity contribution in [2.75, 3.05) is 5.32 Å². The summed E-state index contributed by atoms with van der Waals surface area (Å²) in [5.74, 6) is 0. The lowest BCUT2D eigenvalue weighted by Gasteiger charge is -2.06. The molecular formula is C18H12N6S. The predicted octanol–water partition coefficient (Wildman–Crippen LogP) is 4.37. The van der Waals surface area contributed by atoms with E-state index in [1.54, 1.807) is 17.5 Å². The van der Waals surface area contributed by atoms with Crippen LogP contribution in [0.3, 0.4) is 0 Å². The van der Waals surface area contributed by atoms with Crippen LogP contribution in [0, 0.1) is 0 Å². The minimum atomic E-state index is 0.829. The monoisotopic (exact) mass is 344 g/mol. The number of thiophene rings is 1. The Hall–Kier alpha value is -3.32. The van der Waals surface area contributed by atoms with Crippen LogP contribution in [0.15, 0.2) is 60.9 Å². The number of hydrogen-bond donors (Lipinski definition) is 2. The highest BCUT2D eigenvalue weighted by atomic mass is 32.1. The highest BCUT2D eigenvalue weighted by molar-refractivity contribution is 7.22. The van der Waals surface area contributed by atoms with Crippen molar-refractivity contribution >= 4 is 44.0 Å². The van der Waals surface area contributed by atoms with Gasteiger partial charge in [-0.05, 0) is 42.5 Å². The number of H-pyrrole nitrogens is 1. The van der Waals surface area contributed by atoms with Crippen molar-refractivity contribution in [3.63, 3.8) is 0 Å². The van der Waals surface area contributed by atoms with E-state index in [4.69, 9.17) is 0 Å². The van der Waals surface area contributed by atoms with Gasteiger partial charge in [-0.1, -0.05) is 11.3 Å². The first-order valence-electron chi connectivity index (χ1n) is 7.75. The minimum Gasteiger partial charge on any atom is -0.354 e. The van der Waals surface area contributed by atoms with Gasteiger partial charge in [0.15, 0.2) is 0 Å². The molecule has 0 atom stereocenters. The number of nitrogens with zero attached hydrogens (tertiary/aromatic N) is 4. The Kier molecular flexibility index (Phi) is 3.17. The van der Waals surface area contributed by atoms with Crippen molar-refractivity contribution < 1.29 is 0 Å². The van der Waals surface area contributed by atoms with E-state index in [1.807, 2.05) is 48.7 Å². The summed E-state index contributed by atoms with van der Waals surface area (Å²) in [6.07, 6.45) is 3.62. The van der Waals surface area contributed by atoms with E-state index in [1.165, 1.54) is 0 Å². The van der Waals surface area contributed by atoms with Gasteiger partial charge in [-0.25, -0.2) is 0 Å². The van der Waals surface area contributed by atoms with Crippen LogP contribution in [0.5, 0.6) is 0 Å². The molecule has 0 saturated carbocycles. The molecule has 7 heteroatoms. The average molecular weight is 344 g/mol. The molecule has 120 valence electrons. The number of rotatable bonds is 3. The van der Waals surface area contributed by atoms with Crippen LogP contribution in [0.4, 0.5) is 11.4 Å². The van der Waals surface area contributed by atoms with Crippen molar-refractivity contribution in [2.24, 2.45) is 0 Å². The molecule has 0 fully saturated rings. The van der Waals surface area contributed by atoms with E-state index in [0.29, 0.717) is 0 Å². The Bertz CT molecular complexity index is 1180. The van der Waals surface area contributed by atoms with Gasteiger partial charge in [-0.2, -0.15) is 0 Å². The number of aromatic amines is 1. The number of anilines is 2. The summed E-state index contributed by atoms with van der Waals surface area (Å²) >= 11 is 1.68. The van der Waals surface area contributed by atoms with Crippen molar-refractivity contribution in [1.29, 1.82) is 0 Å². The fourth-order valence-electron chi connectivity index (χ4n) is 2.75. The Balaban J connectivity index is 1.57. The summed E-state index contributed by atoms with van der Waals surface area (Å²) in [6.45, 7) is 0. The third kappa shape index (κ3) is 2.50. The van der Waals surface area contributed by atoms with Crippen LogP contribution in [0.2, 0.25) is 0 Å². The Morgan fingerprint density at radius 1 is 0.920 bits per heavy atom. The summed E-state index contributed by atoms with van der Waals surface area (Å²) < 4.78 is 1.10. The van der Waals surface area contributed by atoms with Crippen molar-refractivity contribution in [2.45, 2.75) is 0 Å². The quantitative estimate of drug-likeness (QED) is 0.508. The molecular weight excluding hydrogens is 332 g/mol. The predicted molar refractivity (Wildman–Crippen MR) is 100 cm³/mol. The van der Waals surface area contributed by atoms with Crippen molar-refractivity contribution in [3.8, 4) is 10.6 Å². The molecule has 0 aliphatic heterocycles. The van der Waals surface area contributed by atoms with E-state index < -0.39 is 0 Å². The van der Waals surface area contributed by atoms with E-state index in [-0.39, 0.29) is 0 Å². The van der Waals surface area contributed by atoms with Crippen LogP contribution in [-0.2, 0) is 0 Å². The van der Waals surface area contributed by atoms with Gasteiger partial charge in [0.25, 0.3) is 0 Å². The van der Waals surface area contributed by atoms with Gasteiger partial charge in [-0.3, -0.25) is 15.1 Å². The lowest BCUT2D eigenvalue weighted by molar-refractivity contribution is 0.959. The minimum absolute atomic E-state index is 0.829. The molecule has 5 aromatic rings. The highest BCUT2D eigenvalue weighted by Crippen LogP contribution is 2.36. The third-order valence-electron chi connectivity index (χ3n) is 3.93. The van der Waals surface area contributed by atoms with Gasteiger partial charge in [-0.15, -0.1) is 16.4 Å². The fourth-order valence-corrected chi connectivity index (χ4v) is 3.81. The van der Waals surface area contributed by atoms with Gasteiger partial charge in [0, 0.05) is 18.1 Å². The zero-order chi connectivity index (χ0) is 16.6. The van der Waals surface area contributed by atoms with Gasteiger partial charge < -0.3 is 5.32 Å². The summed E-state index contributed by atoms with van der Waals surface area (Å²) in [5, 5.41) is 14.2. The van der Waals surface area contributed by atoms with Crippen LogP contribution in [0.1, 0.15) is 0 Å². The molecule has 0 amide bonds. The number of nitrogens with one attached hydrogen (secondary N) is 2. The van der Waals surface area contributed by atoms with Crippen LogP contribution in [0.25, 0.3) is 31.8 Å². The molecule has 0 saturated heterocycles. The molecule has 0 spiro atoms. The van der Waals surface area contributed by atoms with Crippen LogP contribution >= 0.6 is 11.3 Å². The molecule has 4 aromatic heterocycles. The van der Waals surface area contributed by atoms with E-state index in [0.717, 1.165) is 43.2 Å². The van der Waals surface area contributed by atoms with E-state index in [9.17, 15) is 0 Å². The number of pyridine rings is 2. The molecule has 0 aliphatic carbocycles. The Labute approximate surface area is 146 Å². The topological polar surface area (TPSA) is 79.4 Å². The van der Waals surface area contributed by atoms with Gasteiger partial charge in [0.1, 0.15) is 5.52 Å². The zero-order valence-electron chi connectivity index (χ0n) is 13.0. The average Bonchev–Trinajstić information content (AvgIpc) is 3.29. The first-order chi connectivity index (χ1) is 12.4. The zero-order valence-corrected chi connectivity index (χ0v) is 13.8. The molecule has 1 aromatic carbocycles. The lowest BCUT2D eigenvalue weighted by atomic mass is 10.2. The molecule has 4 heterocycles. The molecule has 6 nitrogen and oxygen atoms in total. The normalized spacial score (nSPS) is 11.2. The molecule has 2 N–H and O–H groups in total. The molecule has 0 bridgehead atoms. The Morgan fingerprint density at radius 2 is 1.92 bits per heavy atom. The molecule has 0 aliphatic rings. The van der Waals surface area contributed by atoms with E-state index >= 15 is 0 Å². The van der Waals surface area contributed by atoms with Crippen LogP contribution < -0.4 is 5.32 Å². The summed E-state index contributed by atoms with van der Waals surface area (Å²) in [4.78, 5) is 10.0. The van der Waals surface area contributed by atoms with Gasteiger partial charge in [0.2, 0.25) is 0 Å². The SMILES string of the molecule is c1ccc(-c2cc3nccc(Nc4ccc5[nH]nnc5c4)c3s2)nc1. The van der Waals surface area contributed by atoms with Crippen molar-refractivity contribution in [3.05, 3.63) is 60.9 Å². The third-order valence-corrected chi connectivity index (χ3v) is 5.11. The number of hydrogen-bond acceptors (Lipinski definition) is 6. The maximum absolute atomic E-state index is 4.49. The van der Waals surface area contributed by atoms with Gasteiger partial charge in [0.05, 0.1) is 32.0 Å². The maximum Gasteiger partial charge on any atom is 0.114 e. The first kappa shape index (κ1) is 14.1. The standard InChI is InChI=1S/C18H12N6S/c1-2-7-19-13(3-1)17-10-16-18(25-17)14(6-8-20-16)21-11-4-5-12-15(9-11)23-24-22-12/h1-10H,(H,20,21)(H,22,23,24). The maximum atomic E-state index is 4.49. The lowest BCUT2D eigenvalue weighted by Crippen LogP contribution is -1.90. The molecule has 0 radical (unpaired) electrons. The molecule has 5 rings (SSSR count). The number of fused-ring (bicyclic) bond motifs is 2. The number of aromatic nitrogens is 5. The second kappa shape index (κ2) is 5.64. The highest BCUT2D eigenvalue weighted by Gasteiger charge is 2.10.